The van der Waals surface area contributed by atoms with Crippen molar-refractivity contribution < 1.29 is 4.42 Å². The van der Waals surface area contributed by atoms with Crippen molar-refractivity contribution in [2.45, 2.75) is 39.8 Å². The van der Waals surface area contributed by atoms with Crippen LogP contribution in [0.25, 0.3) is 0 Å². The van der Waals surface area contributed by atoms with E-state index in [4.69, 9.17) is 4.42 Å². The minimum atomic E-state index is 0.906. The Labute approximate surface area is 124 Å². The Morgan fingerprint density at radius 1 is 1.10 bits per heavy atom. The van der Waals surface area contributed by atoms with Crippen LogP contribution in [-0.4, -0.2) is 50.1 Å². The molecule has 0 aliphatic carbocycles. The molecule has 0 amide bonds. The van der Waals surface area contributed by atoms with E-state index in [1.54, 1.807) is 0 Å². The molecular formula is C16H31N3O. The zero-order valence-corrected chi connectivity index (χ0v) is 13.6. The van der Waals surface area contributed by atoms with Gasteiger partial charge in [-0.05, 0) is 46.1 Å². The molecule has 1 heterocycles. The van der Waals surface area contributed by atoms with Gasteiger partial charge < -0.3 is 14.6 Å². The first-order valence-electron chi connectivity index (χ1n) is 7.79. The Morgan fingerprint density at radius 3 is 2.55 bits per heavy atom. The third-order valence-electron chi connectivity index (χ3n) is 3.25. The predicted octanol–water partition coefficient (Wildman–Crippen LogP) is 2.55. The number of nitrogens with one attached hydrogen (secondary N) is 1. The van der Waals surface area contributed by atoms with E-state index in [1.807, 2.05) is 6.26 Å². The zero-order valence-electron chi connectivity index (χ0n) is 13.6. The molecule has 0 aromatic carbocycles. The van der Waals surface area contributed by atoms with E-state index in [1.165, 1.54) is 18.4 Å². The Balaban J connectivity index is 2.42. The molecule has 0 aliphatic rings. The largest absolute Gasteiger partial charge is 0.468 e. The van der Waals surface area contributed by atoms with Crippen LogP contribution in [-0.2, 0) is 13.1 Å². The average molecular weight is 281 g/mol. The molecule has 1 aromatic heterocycles. The summed E-state index contributed by atoms with van der Waals surface area (Å²) in [5.74, 6) is 1.07. The number of rotatable bonds is 11. The van der Waals surface area contributed by atoms with Crippen molar-refractivity contribution in [3.8, 4) is 0 Å². The van der Waals surface area contributed by atoms with Crippen molar-refractivity contribution in [1.29, 1.82) is 0 Å². The summed E-state index contributed by atoms with van der Waals surface area (Å²) in [4.78, 5) is 4.69. The molecule has 0 bridgehead atoms. The van der Waals surface area contributed by atoms with Gasteiger partial charge in [0.25, 0.3) is 0 Å². The van der Waals surface area contributed by atoms with Crippen molar-refractivity contribution in [3.63, 3.8) is 0 Å². The molecule has 1 rings (SSSR count). The normalized spacial score (nSPS) is 11.7. The SMILES string of the molecule is CCCNCc1coc(CN(CCC)CCN(C)C)c1. The van der Waals surface area contributed by atoms with E-state index in [0.29, 0.717) is 0 Å². The first kappa shape index (κ1) is 17.2. The molecule has 116 valence electrons. The van der Waals surface area contributed by atoms with Gasteiger partial charge in [0.15, 0.2) is 0 Å². The molecule has 20 heavy (non-hydrogen) atoms. The molecule has 1 N–H and O–H groups in total. The molecular weight excluding hydrogens is 250 g/mol. The molecule has 0 fully saturated rings. The van der Waals surface area contributed by atoms with Crippen LogP contribution >= 0.6 is 0 Å². The number of hydrogen-bond acceptors (Lipinski definition) is 4. The molecule has 0 aliphatic heterocycles. The Morgan fingerprint density at radius 2 is 1.90 bits per heavy atom. The van der Waals surface area contributed by atoms with Gasteiger partial charge >= 0.3 is 0 Å². The van der Waals surface area contributed by atoms with Gasteiger partial charge in [0.2, 0.25) is 0 Å². The molecule has 0 spiro atoms. The lowest BCUT2D eigenvalue weighted by Gasteiger charge is -2.22. The predicted molar refractivity (Wildman–Crippen MR) is 84.8 cm³/mol. The highest BCUT2D eigenvalue weighted by Crippen LogP contribution is 2.11. The lowest BCUT2D eigenvalue weighted by atomic mass is 10.3. The van der Waals surface area contributed by atoms with Crippen molar-refractivity contribution in [2.24, 2.45) is 0 Å². The van der Waals surface area contributed by atoms with E-state index in [2.05, 4.69) is 49.1 Å². The molecule has 4 heteroatoms. The van der Waals surface area contributed by atoms with Gasteiger partial charge in [-0.25, -0.2) is 0 Å². The maximum absolute atomic E-state index is 5.68. The fourth-order valence-electron chi connectivity index (χ4n) is 2.16. The molecule has 0 saturated carbocycles. The van der Waals surface area contributed by atoms with Gasteiger partial charge in [0, 0.05) is 25.2 Å². The summed E-state index contributed by atoms with van der Waals surface area (Å²) in [5, 5.41) is 3.40. The molecule has 1 aromatic rings. The van der Waals surface area contributed by atoms with Gasteiger partial charge in [-0.2, -0.15) is 0 Å². The third kappa shape index (κ3) is 7.08. The molecule has 0 saturated heterocycles. The summed E-state index contributed by atoms with van der Waals surface area (Å²) in [6, 6.07) is 2.18. The minimum Gasteiger partial charge on any atom is -0.468 e. The number of likely N-dealkylation sites (N-methyl/N-ethyl adjacent to an activating group) is 1. The summed E-state index contributed by atoms with van der Waals surface area (Å²) in [5.41, 5.74) is 1.25. The van der Waals surface area contributed by atoms with E-state index in [9.17, 15) is 0 Å². The van der Waals surface area contributed by atoms with Crippen LogP contribution in [0.1, 0.15) is 38.0 Å². The average Bonchev–Trinajstić information content (AvgIpc) is 2.84. The molecule has 0 radical (unpaired) electrons. The van der Waals surface area contributed by atoms with Crippen LogP contribution in [0.15, 0.2) is 16.7 Å². The van der Waals surface area contributed by atoms with E-state index >= 15 is 0 Å². The van der Waals surface area contributed by atoms with Gasteiger partial charge in [-0.3, -0.25) is 4.90 Å². The first-order valence-corrected chi connectivity index (χ1v) is 7.79. The van der Waals surface area contributed by atoms with Crippen LogP contribution in [0, 0.1) is 0 Å². The van der Waals surface area contributed by atoms with Crippen molar-refractivity contribution in [2.75, 3.05) is 40.3 Å². The fourth-order valence-corrected chi connectivity index (χ4v) is 2.16. The second-order valence-electron chi connectivity index (χ2n) is 5.68. The highest BCUT2D eigenvalue weighted by Gasteiger charge is 2.09. The number of nitrogens with zero attached hydrogens (tertiary/aromatic N) is 2. The van der Waals surface area contributed by atoms with E-state index in [0.717, 1.165) is 45.0 Å². The van der Waals surface area contributed by atoms with Crippen molar-refractivity contribution in [1.82, 2.24) is 15.1 Å². The number of furan rings is 1. The van der Waals surface area contributed by atoms with Crippen molar-refractivity contribution >= 4 is 0 Å². The van der Waals surface area contributed by atoms with Crippen LogP contribution in [0.3, 0.4) is 0 Å². The first-order chi connectivity index (χ1) is 9.65. The standard InChI is InChI=1S/C16H31N3O/c1-5-7-17-12-15-11-16(20-14-15)13-19(8-6-2)10-9-18(3)4/h11,14,17H,5-10,12-13H2,1-4H3. The smallest absolute Gasteiger partial charge is 0.118 e. The highest BCUT2D eigenvalue weighted by molar-refractivity contribution is 5.12. The van der Waals surface area contributed by atoms with Crippen LogP contribution in [0.4, 0.5) is 0 Å². The van der Waals surface area contributed by atoms with Crippen LogP contribution < -0.4 is 5.32 Å². The van der Waals surface area contributed by atoms with Gasteiger partial charge in [0.1, 0.15) is 5.76 Å². The Bertz CT molecular complexity index is 349. The van der Waals surface area contributed by atoms with Gasteiger partial charge in [0.05, 0.1) is 12.8 Å². The summed E-state index contributed by atoms with van der Waals surface area (Å²) in [6.07, 6.45) is 4.23. The highest BCUT2D eigenvalue weighted by atomic mass is 16.3. The zero-order chi connectivity index (χ0) is 14.8. The quantitative estimate of drug-likeness (QED) is 0.632. The molecule has 0 unspecified atom stereocenters. The summed E-state index contributed by atoms with van der Waals surface area (Å²) in [7, 11) is 4.24. The molecule has 4 nitrogen and oxygen atoms in total. The van der Waals surface area contributed by atoms with Crippen molar-refractivity contribution in [3.05, 3.63) is 23.7 Å². The van der Waals surface area contributed by atoms with Crippen LogP contribution in [0.2, 0.25) is 0 Å². The summed E-state index contributed by atoms with van der Waals surface area (Å²) in [6.45, 7) is 10.6. The summed E-state index contributed by atoms with van der Waals surface area (Å²) < 4.78 is 5.68. The lowest BCUT2D eigenvalue weighted by molar-refractivity contribution is 0.218. The monoisotopic (exact) mass is 281 g/mol. The lowest BCUT2D eigenvalue weighted by Crippen LogP contribution is -2.31. The Kier molecular flexibility index (Phi) is 8.58. The van der Waals surface area contributed by atoms with Crippen LogP contribution in [0.5, 0.6) is 0 Å². The maximum atomic E-state index is 5.68. The van der Waals surface area contributed by atoms with E-state index in [-0.39, 0.29) is 0 Å². The topological polar surface area (TPSA) is 31.7 Å². The maximum Gasteiger partial charge on any atom is 0.118 e. The third-order valence-corrected chi connectivity index (χ3v) is 3.25. The Hall–Kier alpha value is -0.840. The fraction of sp³-hybridized carbons (Fsp3) is 0.750. The summed E-state index contributed by atoms with van der Waals surface area (Å²) >= 11 is 0. The van der Waals surface area contributed by atoms with Gasteiger partial charge in [-0.1, -0.05) is 13.8 Å². The second kappa shape index (κ2) is 9.97. The molecule has 0 atom stereocenters. The van der Waals surface area contributed by atoms with Gasteiger partial charge in [-0.15, -0.1) is 0 Å². The van der Waals surface area contributed by atoms with E-state index < -0.39 is 0 Å². The number of hydrogen-bond donors (Lipinski definition) is 1. The second-order valence-corrected chi connectivity index (χ2v) is 5.68. The minimum absolute atomic E-state index is 0.906.